The SMILES string of the molecule is C/C=C1/C(=O)N[C@@H](C(=O)O)[C@H](C)C(=O)N[C@H](CCCCN=C(N)N)C(=O)N[C@@H](/C=C/C(C)=C/[C@H](C)[C@@H](C)Cc2ccccc2)[C@H](C)C(=O)N[C@@H](C(=O)O)CCC(=O)N1C. The van der Waals surface area contributed by atoms with Crippen LogP contribution in [0.15, 0.2) is 70.9 Å². The van der Waals surface area contributed by atoms with Gasteiger partial charge in [0.05, 0.1) is 17.9 Å². The van der Waals surface area contributed by atoms with Crippen molar-refractivity contribution >= 4 is 47.4 Å². The molecule has 1 heterocycles. The van der Waals surface area contributed by atoms with Crippen LogP contribution in [0.3, 0.4) is 0 Å². The van der Waals surface area contributed by atoms with E-state index in [0.717, 1.165) is 16.9 Å². The van der Waals surface area contributed by atoms with Gasteiger partial charge in [-0.3, -0.25) is 29.0 Å². The van der Waals surface area contributed by atoms with Gasteiger partial charge < -0.3 is 47.8 Å². The summed E-state index contributed by atoms with van der Waals surface area (Å²) >= 11 is 0. The quantitative estimate of drug-likeness (QED) is 0.0468. The van der Waals surface area contributed by atoms with Crippen molar-refractivity contribution in [3.05, 3.63) is 71.5 Å². The first-order chi connectivity index (χ1) is 27.8. The summed E-state index contributed by atoms with van der Waals surface area (Å²) in [5, 5.41) is 30.3. The summed E-state index contributed by atoms with van der Waals surface area (Å²) in [6.07, 6.45) is 7.61. The van der Waals surface area contributed by atoms with Gasteiger partial charge in [0.15, 0.2) is 5.96 Å². The number of hydrogen-bond acceptors (Lipinski definition) is 8. The summed E-state index contributed by atoms with van der Waals surface area (Å²) in [6.45, 7) is 10.6. The highest BCUT2D eigenvalue weighted by molar-refractivity contribution is 6.00. The number of hydrogen-bond donors (Lipinski definition) is 8. The summed E-state index contributed by atoms with van der Waals surface area (Å²) in [4.78, 5) is 97.7. The van der Waals surface area contributed by atoms with Crippen LogP contribution >= 0.6 is 0 Å². The average Bonchev–Trinajstić information content (AvgIpc) is 3.18. The lowest BCUT2D eigenvalue weighted by Gasteiger charge is -2.28. The summed E-state index contributed by atoms with van der Waals surface area (Å²) in [6, 6.07) is 4.51. The summed E-state index contributed by atoms with van der Waals surface area (Å²) in [7, 11) is 1.26. The number of likely N-dealkylation sites (N-methyl/N-ethyl adjacent to an activating group) is 1. The van der Waals surface area contributed by atoms with E-state index in [0.29, 0.717) is 12.8 Å². The Labute approximate surface area is 346 Å². The van der Waals surface area contributed by atoms with Gasteiger partial charge in [0.2, 0.25) is 23.6 Å². The lowest BCUT2D eigenvalue weighted by Crippen LogP contribution is -2.56. The van der Waals surface area contributed by atoms with Crippen molar-refractivity contribution < 1.29 is 43.8 Å². The molecule has 0 bridgehead atoms. The second-order valence-corrected chi connectivity index (χ2v) is 15.1. The number of benzene rings is 1. The Kier molecular flexibility index (Phi) is 20.0. The van der Waals surface area contributed by atoms with Crippen molar-refractivity contribution in [2.75, 3.05) is 13.6 Å². The van der Waals surface area contributed by atoms with Crippen molar-refractivity contribution in [2.45, 2.75) is 104 Å². The fourth-order valence-corrected chi connectivity index (χ4v) is 6.44. The van der Waals surface area contributed by atoms with Crippen LogP contribution in [0, 0.1) is 23.7 Å². The van der Waals surface area contributed by atoms with Gasteiger partial charge in [0.1, 0.15) is 23.8 Å². The highest BCUT2D eigenvalue weighted by atomic mass is 16.4. The third-order valence-electron chi connectivity index (χ3n) is 10.4. The maximum atomic E-state index is 14.1. The second kappa shape index (κ2) is 24.0. The number of aliphatic carboxylic acids is 2. The van der Waals surface area contributed by atoms with E-state index >= 15 is 0 Å². The van der Waals surface area contributed by atoms with Gasteiger partial charge in [-0.15, -0.1) is 0 Å². The van der Waals surface area contributed by atoms with E-state index in [2.05, 4.69) is 58.3 Å². The maximum Gasteiger partial charge on any atom is 0.327 e. The molecule has 0 unspecified atom stereocenters. The summed E-state index contributed by atoms with van der Waals surface area (Å²) < 4.78 is 0. The van der Waals surface area contributed by atoms with E-state index in [9.17, 15) is 43.8 Å². The number of carboxylic acids is 2. The molecule has 0 aromatic heterocycles. The van der Waals surface area contributed by atoms with Crippen LogP contribution in [-0.4, -0.2) is 100 Å². The minimum Gasteiger partial charge on any atom is -0.480 e. The normalized spacial score (nSPS) is 25.1. The zero-order chi connectivity index (χ0) is 44.4. The van der Waals surface area contributed by atoms with E-state index < -0.39 is 83.9 Å². The zero-order valence-electron chi connectivity index (χ0n) is 35.1. The van der Waals surface area contributed by atoms with Crippen LogP contribution in [0.1, 0.15) is 79.2 Å². The molecule has 1 fully saturated rings. The van der Waals surface area contributed by atoms with Gasteiger partial charge in [-0.25, -0.2) is 9.59 Å². The number of carbonyl (C=O) groups is 7. The molecular formula is C42H62N8O9. The van der Waals surface area contributed by atoms with Crippen LogP contribution in [0.25, 0.3) is 0 Å². The molecule has 17 nitrogen and oxygen atoms in total. The molecule has 10 N–H and O–H groups in total. The first-order valence-corrected chi connectivity index (χ1v) is 19.8. The lowest BCUT2D eigenvalue weighted by molar-refractivity contribution is -0.146. The monoisotopic (exact) mass is 822 g/mol. The van der Waals surface area contributed by atoms with Gasteiger partial charge in [-0.1, -0.05) is 87.9 Å². The Morgan fingerprint density at radius 2 is 1.56 bits per heavy atom. The third kappa shape index (κ3) is 16.0. The molecule has 17 heteroatoms. The van der Waals surface area contributed by atoms with E-state index in [1.165, 1.54) is 39.5 Å². The number of carboxylic acid groups (broad SMARTS) is 2. The van der Waals surface area contributed by atoms with Crippen molar-refractivity contribution in [2.24, 2.45) is 40.1 Å². The van der Waals surface area contributed by atoms with Crippen LogP contribution in [-0.2, 0) is 40.0 Å². The van der Waals surface area contributed by atoms with Gasteiger partial charge in [-0.2, -0.15) is 0 Å². The predicted octanol–water partition coefficient (Wildman–Crippen LogP) is 1.98. The largest absolute Gasteiger partial charge is 0.480 e. The molecule has 59 heavy (non-hydrogen) atoms. The fourth-order valence-electron chi connectivity index (χ4n) is 6.44. The zero-order valence-corrected chi connectivity index (χ0v) is 35.1. The number of aliphatic imine (C=N–C) groups is 1. The van der Waals surface area contributed by atoms with E-state index in [4.69, 9.17) is 11.5 Å². The number of amides is 5. The van der Waals surface area contributed by atoms with Gasteiger partial charge in [0, 0.05) is 20.0 Å². The third-order valence-corrected chi connectivity index (χ3v) is 10.4. The summed E-state index contributed by atoms with van der Waals surface area (Å²) in [5.74, 6) is -9.12. The molecule has 0 radical (unpaired) electrons. The maximum absolute atomic E-state index is 14.1. The predicted molar refractivity (Wildman–Crippen MR) is 223 cm³/mol. The van der Waals surface area contributed by atoms with Crippen molar-refractivity contribution in [3.63, 3.8) is 0 Å². The molecule has 324 valence electrons. The number of nitrogens with zero attached hydrogens (tertiary/aromatic N) is 2. The number of nitrogens with one attached hydrogen (secondary N) is 4. The average molecular weight is 823 g/mol. The molecule has 1 saturated heterocycles. The standard InChI is InChI=1S/C42H62N8O9/c1-8-33-39(55)49-35(41(58)59)28(6)37(53)47-31(16-12-13-21-45-42(43)44)38(54)46-30(27(5)36(52)48-32(40(56)57)19-20-34(51)50(33)7)18-17-24(2)22-25(3)26(4)23-29-14-10-9-11-15-29/h8-11,14-15,17-18,22,25-28,30-32,35H,12-13,16,19-21,23H2,1-7H3,(H,46,54)(H,47,53)(H,48,52)(H,49,55)(H,56,57)(H,58,59)(H4,43,44,45)/b18-17+,24-22+,33-8-/t25-,26-,27-,28-,30-,31+,32+,35+/m0/s1. The highest BCUT2D eigenvalue weighted by Gasteiger charge is 2.36. The molecule has 1 aliphatic heterocycles. The van der Waals surface area contributed by atoms with E-state index in [-0.39, 0.29) is 42.9 Å². The number of rotatable bonds is 13. The topological polar surface area (TPSA) is 276 Å². The summed E-state index contributed by atoms with van der Waals surface area (Å²) in [5.41, 5.74) is 12.7. The first-order valence-electron chi connectivity index (χ1n) is 19.8. The molecule has 2 rings (SSSR count). The van der Waals surface area contributed by atoms with Gasteiger partial charge in [-0.05, 0) is 63.4 Å². The lowest BCUT2D eigenvalue weighted by atomic mass is 9.88. The van der Waals surface area contributed by atoms with Crippen LogP contribution in [0.5, 0.6) is 0 Å². The van der Waals surface area contributed by atoms with Crippen LogP contribution in [0.4, 0.5) is 0 Å². The minimum absolute atomic E-state index is 0.0534. The Morgan fingerprint density at radius 1 is 0.915 bits per heavy atom. The first kappa shape index (κ1) is 49.1. The smallest absolute Gasteiger partial charge is 0.327 e. The van der Waals surface area contributed by atoms with Crippen molar-refractivity contribution in [3.8, 4) is 0 Å². The number of nitrogens with two attached hydrogens (primary N) is 2. The van der Waals surface area contributed by atoms with Gasteiger partial charge >= 0.3 is 11.9 Å². The molecule has 0 aliphatic carbocycles. The number of allylic oxidation sites excluding steroid dienone is 4. The van der Waals surface area contributed by atoms with Crippen LogP contribution < -0.4 is 32.7 Å². The number of carbonyl (C=O) groups excluding carboxylic acids is 5. The van der Waals surface area contributed by atoms with E-state index in [1.807, 2.05) is 25.1 Å². The molecule has 1 aliphatic rings. The highest BCUT2D eigenvalue weighted by Crippen LogP contribution is 2.21. The number of unbranched alkanes of at least 4 members (excludes halogenated alkanes) is 1. The molecule has 1 aromatic carbocycles. The fraction of sp³-hybridized carbons (Fsp3) is 0.524. The van der Waals surface area contributed by atoms with Crippen molar-refractivity contribution in [1.29, 1.82) is 0 Å². The second-order valence-electron chi connectivity index (χ2n) is 15.1. The van der Waals surface area contributed by atoms with E-state index in [1.54, 1.807) is 12.2 Å². The molecule has 1 aromatic rings. The van der Waals surface area contributed by atoms with Gasteiger partial charge in [0.25, 0.3) is 5.91 Å². The van der Waals surface area contributed by atoms with Crippen molar-refractivity contribution in [1.82, 2.24) is 26.2 Å². The molecule has 0 saturated carbocycles. The van der Waals surface area contributed by atoms with Crippen LogP contribution in [0.2, 0.25) is 0 Å². The Morgan fingerprint density at radius 3 is 2.15 bits per heavy atom. The molecule has 5 amide bonds. The number of guanidine groups is 1. The molecule has 0 spiro atoms. The Hall–Kier alpha value is -6.00. The Balaban J connectivity index is 2.61. The molecular weight excluding hydrogens is 761 g/mol. The minimum atomic E-state index is -1.78. The molecule has 8 atom stereocenters. The Bertz CT molecular complexity index is 1770.